The monoisotopic (exact) mass is 427 g/mol. The normalized spacial score (nSPS) is 24.0. The highest BCUT2D eigenvalue weighted by atomic mass is 35.5. The molecule has 2 saturated heterocycles. The molecule has 2 fully saturated rings. The van der Waals surface area contributed by atoms with Crippen LogP contribution in [0.4, 0.5) is 10.5 Å². The summed E-state index contributed by atoms with van der Waals surface area (Å²) in [6.45, 7) is 0.847. The molecule has 0 bridgehead atoms. The van der Waals surface area contributed by atoms with E-state index in [2.05, 4.69) is 16.0 Å². The summed E-state index contributed by atoms with van der Waals surface area (Å²) in [5, 5.41) is 8.81. The number of unbranched alkanes of at least 4 members (excludes halogenated alkanes) is 1. The summed E-state index contributed by atoms with van der Waals surface area (Å²) < 4.78 is 0. The molecule has 1 aromatic carbocycles. The van der Waals surface area contributed by atoms with E-state index >= 15 is 0 Å². The number of amides is 4. The van der Waals surface area contributed by atoms with Crippen LogP contribution in [0.5, 0.6) is 0 Å². The zero-order valence-electron chi connectivity index (χ0n) is 15.2. The average molecular weight is 428 g/mol. The highest BCUT2D eigenvalue weighted by Gasteiger charge is 2.46. The number of piperazine rings is 1. The van der Waals surface area contributed by atoms with Crippen molar-refractivity contribution >= 4 is 46.7 Å². The van der Waals surface area contributed by atoms with Gasteiger partial charge in [0.15, 0.2) is 0 Å². The van der Waals surface area contributed by atoms with E-state index in [-0.39, 0.29) is 22.9 Å². The Morgan fingerprint density at radius 3 is 2.82 bits per heavy atom. The van der Waals surface area contributed by atoms with Gasteiger partial charge in [-0.25, -0.2) is 4.79 Å². The molecule has 0 unspecified atom stereocenters. The van der Waals surface area contributed by atoms with Crippen LogP contribution in [0, 0.1) is 0 Å². The van der Waals surface area contributed by atoms with Gasteiger partial charge in [0.2, 0.25) is 11.8 Å². The lowest BCUT2D eigenvalue weighted by Crippen LogP contribution is -2.61. The van der Waals surface area contributed by atoms with Gasteiger partial charge < -0.3 is 26.6 Å². The third-order valence-corrected chi connectivity index (χ3v) is 5.80. The van der Waals surface area contributed by atoms with Crippen LogP contribution in [0.3, 0.4) is 0 Å². The molecule has 3 atom stereocenters. The molecule has 4 amide bonds. The summed E-state index contributed by atoms with van der Waals surface area (Å²) in [4.78, 5) is 38.9. The fourth-order valence-electron chi connectivity index (χ4n) is 3.60. The van der Waals surface area contributed by atoms with Crippen molar-refractivity contribution in [2.75, 3.05) is 18.4 Å². The Labute approximate surface area is 173 Å². The highest BCUT2D eigenvalue weighted by Crippen LogP contribution is 2.29. The Morgan fingerprint density at radius 2 is 2.07 bits per heavy atom. The van der Waals surface area contributed by atoms with Crippen molar-refractivity contribution in [3.05, 3.63) is 28.2 Å². The number of benzene rings is 1. The van der Waals surface area contributed by atoms with E-state index in [1.54, 1.807) is 23.1 Å². The second-order valence-corrected chi connectivity index (χ2v) is 7.77. The number of carbonyl (C=O) groups excluding carboxylic acids is 3. The van der Waals surface area contributed by atoms with Crippen LogP contribution < -0.4 is 21.7 Å². The van der Waals surface area contributed by atoms with Crippen molar-refractivity contribution in [1.82, 2.24) is 15.5 Å². The van der Waals surface area contributed by atoms with Crippen molar-refractivity contribution in [3.63, 3.8) is 0 Å². The van der Waals surface area contributed by atoms with Crippen LogP contribution in [-0.4, -0.2) is 54.0 Å². The van der Waals surface area contributed by atoms with Gasteiger partial charge in [-0.2, -0.15) is 0 Å². The number of hydrogen-bond acceptors (Lipinski definition) is 4. The third kappa shape index (κ3) is 4.51. The van der Waals surface area contributed by atoms with Crippen LogP contribution in [0.15, 0.2) is 18.2 Å². The molecular weight excluding hydrogens is 405 g/mol. The van der Waals surface area contributed by atoms with Gasteiger partial charge in [0.05, 0.1) is 21.8 Å². The van der Waals surface area contributed by atoms with Gasteiger partial charge in [0, 0.05) is 6.54 Å². The van der Waals surface area contributed by atoms with Crippen LogP contribution in [0.1, 0.15) is 25.7 Å². The van der Waals surface area contributed by atoms with Gasteiger partial charge in [0.1, 0.15) is 12.1 Å². The molecule has 3 rings (SSSR count). The minimum atomic E-state index is -0.557. The van der Waals surface area contributed by atoms with Gasteiger partial charge in [-0.1, -0.05) is 29.3 Å². The number of fused-ring (bicyclic) bond motifs is 1. The number of carbonyl (C=O) groups is 3. The van der Waals surface area contributed by atoms with Gasteiger partial charge >= 0.3 is 6.03 Å². The fourth-order valence-corrected chi connectivity index (χ4v) is 3.94. The van der Waals surface area contributed by atoms with E-state index < -0.39 is 18.1 Å². The Hall–Kier alpha value is -2.03. The minimum absolute atomic E-state index is 0.107. The highest BCUT2D eigenvalue weighted by molar-refractivity contribution is 6.43. The number of hydrogen-bond donors (Lipinski definition) is 4. The predicted molar refractivity (Wildman–Crippen MR) is 107 cm³/mol. The standard InChI is InChI=1S/C18H23Cl2N5O3/c19-11-4-3-6-12(15(11)20)24-18(28)22-10-8-14-16(26)23-13(5-1-2-7-21)17(27)25(14)9-10/h3-4,6,10,13-14H,1-2,5,7-9,21H2,(H,23,26)(H2,22,24,28)/t10-,13-,14-/m0/s1. The number of nitrogens with two attached hydrogens (primary N) is 1. The number of anilines is 1. The molecule has 8 nitrogen and oxygen atoms in total. The molecule has 1 aromatic rings. The number of halogens is 2. The molecule has 0 saturated carbocycles. The quantitative estimate of drug-likeness (QED) is 0.516. The first-order valence-corrected chi connectivity index (χ1v) is 9.98. The Balaban J connectivity index is 1.58. The van der Waals surface area contributed by atoms with E-state index in [1.165, 1.54) is 0 Å². The largest absolute Gasteiger partial charge is 0.343 e. The second kappa shape index (κ2) is 8.98. The van der Waals surface area contributed by atoms with Gasteiger partial charge in [-0.05, 0) is 44.4 Å². The molecule has 0 spiro atoms. The Bertz CT molecular complexity index is 776. The zero-order chi connectivity index (χ0) is 20.3. The maximum absolute atomic E-state index is 12.7. The Kier molecular flexibility index (Phi) is 6.64. The van der Waals surface area contributed by atoms with E-state index in [9.17, 15) is 14.4 Å². The summed E-state index contributed by atoms with van der Waals surface area (Å²) in [7, 11) is 0. The maximum atomic E-state index is 12.7. The summed E-state index contributed by atoms with van der Waals surface area (Å²) in [5.74, 6) is -0.288. The number of nitrogens with one attached hydrogen (secondary N) is 3. The van der Waals surface area contributed by atoms with E-state index in [0.29, 0.717) is 36.6 Å². The zero-order valence-corrected chi connectivity index (χ0v) is 16.7. The van der Waals surface area contributed by atoms with Gasteiger partial charge in [0.25, 0.3) is 0 Å². The number of nitrogens with zero attached hydrogens (tertiary/aromatic N) is 1. The molecule has 5 N–H and O–H groups in total. The van der Waals surface area contributed by atoms with Crippen LogP contribution in [-0.2, 0) is 9.59 Å². The average Bonchev–Trinajstić information content (AvgIpc) is 3.08. The summed E-state index contributed by atoms with van der Waals surface area (Å²) in [6, 6.07) is 3.05. The van der Waals surface area contributed by atoms with Gasteiger partial charge in [-0.3, -0.25) is 9.59 Å². The molecule has 2 aliphatic rings. The minimum Gasteiger partial charge on any atom is -0.343 e. The van der Waals surface area contributed by atoms with Crippen LogP contribution >= 0.6 is 23.2 Å². The lowest BCUT2D eigenvalue weighted by Gasteiger charge is -2.34. The Morgan fingerprint density at radius 1 is 1.29 bits per heavy atom. The molecule has 2 aliphatic heterocycles. The summed E-state index contributed by atoms with van der Waals surface area (Å²) in [6.07, 6.45) is 2.51. The molecular formula is C18H23Cl2N5O3. The van der Waals surface area contributed by atoms with Crippen molar-refractivity contribution in [1.29, 1.82) is 0 Å². The molecule has 0 aromatic heterocycles. The molecule has 2 heterocycles. The van der Waals surface area contributed by atoms with E-state index in [4.69, 9.17) is 28.9 Å². The van der Waals surface area contributed by atoms with Crippen LogP contribution in [0.2, 0.25) is 10.0 Å². The predicted octanol–water partition coefficient (Wildman–Crippen LogP) is 1.71. The fraction of sp³-hybridized carbons (Fsp3) is 0.500. The van der Waals surface area contributed by atoms with Gasteiger partial charge in [-0.15, -0.1) is 0 Å². The summed E-state index contributed by atoms with van der Waals surface area (Å²) in [5.41, 5.74) is 5.87. The smallest absolute Gasteiger partial charge is 0.319 e. The molecule has 152 valence electrons. The topological polar surface area (TPSA) is 117 Å². The molecule has 28 heavy (non-hydrogen) atoms. The number of rotatable bonds is 6. The second-order valence-electron chi connectivity index (χ2n) is 6.98. The SMILES string of the molecule is NCCCC[C@@H]1NC(=O)[C@@H]2C[C@H](NC(=O)Nc3cccc(Cl)c3Cl)CN2C1=O. The van der Waals surface area contributed by atoms with E-state index in [0.717, 1.165) is 12.8 Å². The van der Waals surface area contributed by atoms with Crippen molar-refractivity contribution in [2.24, 2.45) is 5.73 Å². The molecule has 0 radical (unpaired) electrons. The van der Waals surface area contributed by atoms with Crippen LogP contribution in [0.25, 0.3) is 0 Å². The molecule has 0 aliphatic carbocycles. The first-order chi connectivity index (χ1) is 13.4. The van der Waals surface area contributed by atoms with Crippen molar-refractivity contribution in [2.45, 2.75) is 43.8 Å². The lowest BCUT2D eigenvalue weighted by atomic mass is 10.0. The number of urea groups is 1. The third-order valence-electron chi connectivity index (χ3n) is 4.98. The van der Waals surface area contributed by atoms with E-state index in [1.807, 2.05) is 0 Å². The van der Waals surface area contributed by atoms with Crippen molar-refractivity contribution in [3.8, 4) is 0 Å². The first-order valence-electron chi connectivity index (χ1n) is 9.23. The first kappa shape index (κ1) is 20.7. The van der Waals surface area contributed by atoms with Crippen molar-refractivity contribution < 1.29 is 14.4 Å². The maximum Gasteiger partial charge on any atom is 0.319 e. The summed E-state index contributed by atoms with van der Waals surface area (Å²) >= 11 is 12.0. The lowest BCUT2D eigenvalue weighted by molar-refractivity contribution is -0.147. The molecule has 10 heteroatoms.